The van der Waals surface area contributed by atoms with E-state index in [0.29, 0.717) is 12.5 Å². The molecule has 0 aromatic carbocycles. The Kier molecular flexibility index (Phi) is 8.89. The van der Waals surface area contributed by atoms with Gasteiger partial charge >= 0.3 is 0 Å². The Morgan fingerprint density at radius 3 is 2.42 bits per heavy atom. The summed E-state index contributed by atoms with van der Waals surface area (Å²) in [5.41, 5.74) is 0. The Balaban J connectivity index is 2.17. The number of nitrogens with zero attached hydrogens (tertiary/aromatic N) is 1. The molecule has 1 amide bonds. The summed E-state index contributed by atoms with van der Waals surface area (Å²) in [5.74, 6) is 1.03. The molecule has 0 aromatic heterocycles. The molecule has 112 valence electrons. The van der Waals surface area contributed by atoms with Crippen molar-refractivity contribution in [2.75, 3.05) is 26.2 Å². The van der Waals surface area contributed by atoms with E-state index in [0.717, 1.165) is 25.6 Å². The summed E-state index contributed by atoms with van der Waals surface area (Å²) in [7, 11) is 0. The Hall–Kier alpha value is -0.570. The van der Waals surface area contributed by atoms with Gasteiger partial charge in [0.25, 0.3) is 0 Å². The second-order valence-electron chi connectivity index (χ2n) is 5.84. The molecule has 0 bridgehead atoms. The highest BCUT2D eigenvalue weighted by molar-refractivity contribution is 5.78. The highest BCUT2D eigenvalue weighted by atomic mass is 16.2. The van der Waals surface area contributed by atoms with Crippen molar-refractivity contribution >= 4 is 5.91 Å². The highest BCUT2D eigenvalue weighted by Crippen LogP contribution is 2.12. The molecule has 1 rings (SSSR count). The molecular weight excluding hydrogens is 236 g/mol. The molecule has 0 aliphatic carbocycles. The quantitative estimate of drug-likeness (QED) is 0.733. The van der Waals surface area contributed by atoms with Crippen LogP contribution >= 0.6 is 0 Å². The van der Waals surface area contributed by atoms with Gasteiger partial charge in [0.05, 0.1) is 6.54 Å². The molecule has 3 nitrogen and oxygen atoms in total. The van der Waals surface area contributed by atoms with Crippen LogP contribution in [0.15, 0.2) is 0 Å². The summed E-state index contributed by atoms with van der Waals surface area (Å²) in [6, 6.07) is 0. The normalized spacial score (nSPS) is 18.1. The molecule has 19 heavy (non-hydrogen) atoms. The van der Waals surface area contributed by atoms with Crippen LogP contribution in [0.5, 0.6) is 0 Å². The minimum Gasteiger partial charge on any atom is -0.342 e. The topological polar surface area (TPSA) is 32.3 Å². The van der Waals surface area contributed by atoms with E-state index in [1.807, 2.05) is 4.90 Å². The summed E-state index contributed by atoms with van der Waals surface area (Å²) >= 11 is 0. The first-order chi connectivity index (χ1) is 9.27. The lowest BCUT2D eigenvalue weighted by Gasteiger charge is -2.21. The number of unbranched alkanes of at least 4 members (excludes halogenated alkanes) is 1. The molecule has 1 unspecified atom stereocenters. The molecule has 0 aromatic rings. The van der Waals surface area contributed by atoms with Gasteiger partial charge < -0.3 is 10.2 Å². The van der Waals surface area contributed by atoms with Gasteiger partial charge in [0.1, 0.15) is 0 Å². The molecule has 1 aliphatic heterocycles. The minimum atomic E-state index is 0.298. The molecule has 0 radical (unpaired) electrons. The van der Waals surface area contributed by atoms with Crippen LogP contribution in [0.3, 0.4) is 0 Å². The summed E-state index contributed by atoms with van der Waals surface area (Å²) in [5, 5.41) is 3.37. The smallest absolute Gasteiger partial charge is 0.236 e. The van der Waals surface area contributed by atoms with E-state index in [2.05, 4.69) is 19.2 Å². The predicted octanol–water partition coefficient (Wildman–Crippen LogP) is 3.20. The van der Waals surface area contributed by atoms with E-state index in [1.54, 1.807) is 0 Å². The minimum absolute atomic E-state index is 0.298. The third kappa shape index (κ3) is 6.95. The maximum Gasteiger partial charge on any atom is 0.236 e. The van der Waals surface area contributed by atoms with Crippen LogP contribution in [0, 0.1) is 5.92 Å². The van der Waals surface area contributed by atoms with Crippen molar-refractivity contribution in [1.82, 2.24) is 10.2 Å². The second kappa shape index (κ2) is 10.2. The third-order valence-corrected chi connectivity index (χ3v) is 4.21. The van der Waals surface area contributed by atoms with Crippen molar-refractivity contribution in [3.63, 3.8) is 0 Å². The second-order valence-corrected chi connectivity index (χ2v) is 5.84. The van der Waals surface area contributed by atoms with Crippen LogP contribution in [0.4, 0.5) is 0 Å². The van der Waals surface area contributed by atoms with Crippen LogP contribution in [0.25, 0.3) is 0 Å². The molecule has 0 saturated carbocycles. The first kappa shape index (κ1) is 16.5. The largest absolute Gasteiger partial charge is 0.342 e. The van der Waals surface area contributed by atoms with Gasteiger partial charge in [0.15, 0.2) is 0 Å². The number of likely N-dealkylation sites (tertiary alicyclic amines) is 1. The Morgan fingerprint density at radius 2 is 1.84 bits per heavy atom. The van der Waals surface area contributed by atoms with E-state index in [-0.39, 0.29) is 0 Å². The van der Waals surface area contributed by atoms with Crippen molar-refractivity contribution in [1.29, 1.82) is 0 Å². The standard InChI is InChI=1S/C16H32N2O/c1-3-5-10-15(4-2)13-17-14-16(19)18-11-8-6-7-9-12-18/h15,17H,3-14H2,1-2H3. The number of rotatable bonds is 8. The van der Waals surface area contributed by atoms with Crippen LogP contribution < -0.4 is 5.32 Å². The Bertz CT molecular complexity index is 235. The molecular formula is C16H32N2O. The number of amides is 1. The lowest BCUT2D eigenvalue weighted by atomic mass is 9.99. The van der Waals surface area contributed by atoms with Gasteiger partial charge in [-0.3, -0.25) is 4.79 Å². The molecule has 0 spiro atoms. The van der Waals surface area contributed by atoms with Gasteiger partial charge in [-0.05, 0) is 31.7 Å². The van der Waals surface area contributed by atoms with Crippen molar-refractivity contribution in [3.05, 3.63) is 0 Å². The van der Waals surface area contributed by atoms with Crippen molar-refractivity contribution in [3.8, 4) is 0 Å². The predicted molar refractivity (Wildman–Crippen MR) is 81.2 cm³/mol. The van der Waals surface area contributed by atoms with Crippen LogP contribution in [0.2, 0.25) is 0 Å². The fourth-order valence-corrected chi connectivity index (χ4v) is 2.76. The van der Waals surface area contributed by atoms with E-state index in [9.17, 15) is 4.79 Å². The molecule has 1 heterocycles. The molecule has 1 saturated heterocycles. The molecule has 1 N–H and O–H groups in total. The summed E-state index contributed by atoms with van der Waals surface area (Å²) < 4.78 is 0. The van der Waals surface area contributed by atoms with Gasteiger partial charge in [-0.1, -0.05) is 46.0 Å². The fourth-order valence-electron chi connectivity index (χ4n) is 2.76. The van der Waals surface area contributed by atoms with Gasteiger partial charge in [-0.2, -0.15) is 0 Å². The number of carbonyl (C=O) groups excluding carboxylic acids is 1. The van der Waals surface area contributed by atoms with Gasteiger partial charge in [0, 0.05) is 13.1 Å². The zero-order valence-electron chi connectivity index (χ0n) is 12.9. The number of nitrogens with one attached hydrogen (secondary N) is 1. The first-order valence-electron chi connectivity index (χ1n) is 8.26. The van der Waals surface area contributed by atoms with Crippen LogP contribution in [-0.2, 0) is 4.79 Å². The monoisotopic (exact) mass is 268 g/mol. The van der Waals surface area contributed by atoms with Crippen molar-refractivity contribution in [2.24, 2.45) is 5.92 Å². The van der Waals surface area contributed by atoms with E-state index >= 15 is 0 Å². The molecule has 1 aliphatic rings. The van der Waals surface area contributed by atoms with E-state index in [4.69, 9.17) is 0 Å². The summed E-state index contributed by atoms with van der Waals surface area (Å²) in [6.07, 6.45) is 10.0. The Labute approximate surface area is 119 Å². The van der Waals surface area contributed by atoms with Gasteiger partial charge in [0.2, 0.25) is 5.91 Å². The zero-order chi connectivity index (χ0) is 13.9. The SMILES string of the molecule is CCCCC(CC)CNCC(=O)N1CCCCCC1. The summed E-state index contributed by atoms with van der Waals surface area (Å²) in [6.45, 7) is 7.95. The number of hydrogen-bond acceptors (Lipinski definition) is 2. The maximum absolute atomic E-state index is 12.1. The Morgan fingerprint density at radius 1 is 1.16 bits per heavy atom. The lowest BCUT2D eigenvalue weighted by molar-refractivity contribution is -0.130. The summed E-state index contributed by atoms with van der Waals surface area (Å²) in [4.78, 5) is 14.1. The number of carbonyl (C=O) groups is 1. The van der Waals surface area contributed by atoms with Crippen LogP contribution in [-0.4, -0.2) is 37.0 Å². The van der Waals surface area contributed by atoms with Gasteiger partial charge in [-0.25, -0.2) is 0 Å². The lowest BCUT2D eigenvalue weighted by Crippen LogP contribution is -2.40. The van der Waals surface area contributed by atoms with E-state index < -0.39 is 0 Å². The molecule has 1 fully saturated rings. The zero-order valence-corrected chi connectivity index (χ0v) is 12.9. The average molecular weight is 268 g/mol. The highest BCUT2D eigenvalue weighted by Gasteiger charge is 2.15. The van der Waals surface area contributed by atoms with Crippen molar-refractivity contribution < 1.29 is 4.79 Å². The fraction of sp³-hybridized carbons (Fsp3) is 0.938. The van der Waals surface area contributed by atoms with E-state index in [1.165, 1.54) is 51.4 Å². The first-order valence-corrected chi connectivity index (χ1v) is 8.26. The third-order valence-electron chi connectivity index (χ3n) is 4.21. The van der Waals surface area contributed by atoms with Crippen molar-refractivity contribution in [2.45, 2.75) is 65.2 Å². The maximum atomic E-state index is 12.1. The van der Waals surface area contributed by atoms with Gasteiger partial charge in [-0.15, -0.1) is 0 Å². The molecule has 1 atom stereocenters. The average Bonchev–Trinajstić information content (AvgIpc) is 2.71. The van der Waals surface area contributed by atoms with Crippen LogP contribution in [0.1, 0.15) is 65.2 Å². The number of hydrogen-bond donors (Lipinski definition) is 1. The molecule has 3 heteroatoms.